The third-order valence-electron chi connectivity index (χ3n) is 4.45. The van der Waals surface area contributed by atoms with Crippen molar-refractivity contribution in [3.63, 3.8) is 0 Å². The summed E-state index contributed by atoms with van der Waals surface area (Å²) in [7, 11) is 1.27. The predicted molar refractivity (Wildman–Crippen MR) is 118 cm³/mol. The van der Waals surface area contributed by atoms with E-state index in [0.29, 0.717) is 11.3 Å². The highest BCUT2D eigenvalue weighted by Gasteiger charge is 2.27. The van der Waals surface area contributed by atoms with Crippen molar-refractivity contribution in [2.45, 2.75) is 33.0 Å². The number of amides is 1. The number of aliphatic hydroxyl groups is 1. The first-order valence-electron chi connectivity index (χ1n) is 9.94. The second-order valence-corrected chi connectivity index (χ2v) is 6.69. The molecule has 0 aliphatic heterocycles. The molecular weight excluding hydrogens is 410 g/mol. The Balaban J connectivity index is 2.25. The minimum absolute atomic E-state index is 0.0972. The molecule has 0 spiro atoms. The van der Waals surface area contributed by atoms with E-state index in [1.165, 1.54) is 18.1 Å². The minimum atomic E-state index is -0.837. The SMILES string of the molecule is C/C=C/C(=O)N(Cc1ccccc1N=[N+]=C=C(O)OC)[C@@H](C)C(=O)OCc1ccccc1. The first-order chi connectivity index (χ1) is 15.5. The summed E-state index contributed by atoms with van der Waals surface area (Å²) in [5.41, 5.74) is 1.95. The molecule has 2 aromatic rings. The number of rotatable bonds is 9. The minimum Gasteiger partial charge on any atom is -0.470 e. The van der Waals surface area contributed by atoms with E-state index in [9.17, 15) is 14.7 Å². The van der Waals surface area contributed by atoms with Gasteiger partial charge in [-0.05, 0) is 31.6 Å². The molecule has 0 aromatic heterocycles. The van der Waals surface area contributed by atoms with E-state index in [2.05, 4.69) is 20.5 Å². The molecule has 0 heterocycles. The van der Waals surface area contributed by atoms with Crippen LogP contribution >= 0.6 is 0 Å². The first kappa shape index (κ1) is 24.2. The zero-order valence-corrected chi connectivity index (χ0v) is 18.3. The van der Waals surface area contributed by atoms with Crippen molar-refractivity contribution in [1.82, 2.24) is 4.90 Å². The van der Waals surface area contributed by atoms with Crippen molar-refractivity contribution in [2.75, 3.05) is 7.11 Å². The fraction of sp³-hybridized carbons (Fsp3) is 0.250. The second kappa shape index (κ2) is 12.5. The van der Waals surface area contributed by atoms with Gasteiger partial charge in [-0.25, -0.2) is 4.79 Å². The maximum absolute atomic E-state index is 12.7. The summed E-state index contributed by atoms with van der Waals surface area (Å²) in [6.07, 6.45) is 2.99. The van der Waals surface area contributed by atoms with Gasteiger partial charge in [0.25, 0.3) is 0 Å². The summed E-state index contributed by atoms with van der Waals surface area (Å²) in [5.74, 6) is 0.850. The summed E-state index contributed by atoms with van der Waals surface area (Å²) < 4.78 is 9.97. The Morgan fingerprint density at radius 3 is 2.56 bits per heavy atom. The number of hydrogen-bond acceptors (Lipinski definition) is 6. The van der Waals surface area contributed by atoms with Gasteiger partial charge < -0.3 is 19.5 Å². The Morgan fingerprint density at radius 1 is 1.19 bits per heavy atom. The summed E-state index contributed by atoms with van der Waals surface area (Å²) in [5, 5.41) is 13.3. The molecule has 8 heteroatoms. The van der Waals surface area contributed by atoms with E-state index in [4.69, 9.17) is 4.74 Å². The number of nitrogens with zero attached hydrogens (tertiary/aromatic N) is 3. The molecule has 0 radical (unpaired) electrons. The van der Waals surface area contributed by atoms with Gasteiger partial charge >= 0.3 is 17.8 Å². The van der Waals surface area contributed by atoms with E-state index in [1.54, 1.807) is 44.2 Å². The van der Waals surface area contributed by atoms with Gasteiger partial charge in [-0.2, -0.15) is 0 Å². The van der Waals surface area contributed by atoms with E-state index < -0.39 is 18.0 Å². The summed E-state index contributed by atoms with van der Waals surface area (Å²) in [4.78, 5) is 30.5. The summed E-state index contributed by atoms with van der Waals surface area (Å²) >= 11 is 0. The van der Waals surface area contributed by atoms with Crippen LogP contribution in [-0.4, -0.2) is 45.7 Å². The number of methoxy groups -OCH3 is 1. The average Bonchev–Trinajstić information content (AvgIpc) is 2.82. The fourth-order valence-electron chi connectivity index (χ4n) is 2.71. The lowest BCUT2D eigenvalue weighted by molar-refractivity contribution is -0.154. The monoisotopic (exact) mass is 436 g/mol. The third kappa shape index (κ3) is 7.29. The Hall–Kier alpha value is -4.12. The van der Waals surface area contributed by atoms with Gasteiger partial charge in [0.05, 0.1) is 7.11 Å². The number of carbonyl (C=O) groups is 2. The zero-order valence-electron chi connectivity index (χ0n) is 18.3. The molecule has 8 nitrogen and oxygen atoms in total. The third-order valence-corrected chi connectivity index (χ3v) is 4.45. The molecule has 0 aliphatic carbocycles. The van der Waals surface area contributed by atoms with Crippen LogP contribution < -0.4 is 0 Å². The topological polar surface area (TPSA) is 103 Å². The largest absolute Gasteiger partial charge is 0.470 e. The molecule has 0 unspecified atom stereocenters. The van der Waals surface area contributed by atoms with Crippen LogP contribution in [0.25, 0.3) is 0 Å². The second-order valence-electron chi connectivity index (χ2n) is 6.69. The lowest BCUT2D eigenvalue weighted by atomic mass is 10.1. The molecule has 1 N–H and O–H groups in total. The highest BCUT2D eigenvalue weighted by Crippen LogP contribution is 2.21. The number of hydrogen-bond donors (Lipinski definition) is 1. The molecule has 0 fully saturated rings. The summed E-state index contributed by atoms with van der Waals surface area (Å²) in [6.45, 7) is 3.55. The number of aliphatic hydroxyl groups excluding tert-OH is 1. The normalized spacial score (nSPS) is 11.1. The Bertz CT molecular complexity index is 1050. The molecular formula is C24H26N3O5+. The lowest BCUT2D eigenvalue weighted by Gasteiger charge is -2.27. The van der Waals surface area contributed by atoms with Gasteiger partial charge in [-0.3, -0.25) is 4.79 Å². The molecule has 2 rings (SSSR count). The molecule has 1 amide bonds. The van der Waals surface area contributed by atoms with Crippen LogP contribution in [0.5, 0.6) is 0 Å². The Labute approximate surface area is 186 Å². The first-order valence-corrected chi connectivity index (χ1v) is 9.94. The van der Waals surface area contributed by atoms with Crippen molar-refractivity contribution >= 4 is 23.4 Å². The average molecular weight is 436 g/mol. The van der Waals surface area contributed by atoms with Crippen molar-refractivity contribution in [3.05, 3.63) is 83.8 Å². The number of benzene rings is 2. The van der Waals surface area contributed by atoms with E-state index in [1.807, 2.05) is 30.3 Å². The molecule has 32 heavy (non-hydrogen) atoms. The number of allylic oxidation sites excluding steroid dienone is 1. The van der Waals surface area contributed by atoms with E-state index in [-0.39, 0.29) is 19.1 Å². The highest BCUT2D eigenvalue weighted by molar-refractivity contribution is 5.91. The van der Waals surface area contributed by atoms with Gasteiger partial charge in [0, 0.05) is 12.1 Å². The molecule has 2 aromatic carbocycles. The maximum atomic E-state index is 12.7. The number of carbonyl (C=O) groups excluding carboxylic acids is 2. The predicted octanol–water partition coefficient (Wildman–Crippen LogP) is 3.73. The van der Waals surface area contributed by atoms with Gasteiger partial charge in [0.15, 0.2) is 5.69 Å². The van der Waals surface area contributed by atoms with Gasteiger partial charge in [0.1, 0.15) is 22.6 Å². The summed E-state index contributed by atoms with van der Waals surface area (Å²) in [6, 6.07) is 15.5. The van der Waals surface area contributed by atoms with Crippen LogP contribution in [0.3, 0.4) is 0 Å². The molecule has 166 valence electrons. The van der Waals surface area contributed by atoms with Gasteiger partial charge in [0.2, 0.25) is 5.91 Å². The van der Waals surface area contributed by atoms with Crippen LogP contribution in [0.4, 0.5) is 5.69 Å². The fourth-order valence-corrected chi connectivity index (χ4v) is 2.71. The smallest absolute Gasteiger partial charge is 0.441 e. The van der Waals surface area contributed by atoms with Crippen LogP contribution in [0.1, 0.15) is 25.0 Å². The Morgan fingerprint density at radius 2 is 1.88 bits per heavy atom. The Kier molecular flexibility index (Phi) is 9.47. The van der Waals surface area contributed by atoms with Crippen molar-refractivity contribution < 1.29 is 29.0 Å². The van der Waals surface area contributed by atoms with Crippen molar-refractivity contribution in [2.24, 2.45) is 5.11 Å². The zero-order chi connectivity index (χ0) is 23.3. The van der Waals surface area contributed by atoms with Crippen LogP contribution in [0.2, 0.25) is 0 Å². The van der Waals surface area contributed by atoms with Crippen molar-refractivity contribution in [3.8, 4) is 0 Å². The number of esters is 1. The number of ether oxygens (including phenoxy) is 2. The van der Waals surface area contributed by atoms with Gasteiger partial charge in [-0.1, -0.05) is 54.6 Å². The van der Waals surface area contributed by atoms with E-state index >= 15 is 0 Å². The van der Waals surface area contributed by atoms with Crippen molar-refractivity contribution in [1.29, 1.82) is 0 Å². The lowest BCUT2D eigenvalue weighted by Crippen LogP contribution is -2.42. The maximum Gasteiger partial charge on any atom is 0.441 e. The van der Waals surface area contributed by atoms with Crippen LogP contribution in [-0.2, 0) is 32.2 Å². The molecule has 0 saturated carbocycles. The van der Waals surface area contributed by atoms with Gasteiger partial charge in [-0.15, -0.1) is 0 Å². The van der Waals surface area contributed by atoms with Crippen LogP contribution in [0.15, 0.2) is 77.8 Å². The molecule has 1 atom stereocenters. The van der Waals surface area contributed by atoms with Crippen LogP contribution in [0, 0.1) is 0 Å². The molecule has 0 aliphatic rings. The highest BCUT2D eigenvalue weighted by atomic mass is 16.6. The molecule has 0 bridgehead atoms. The quantitative estimate of drug-likeness (QED) is 0.161. The molecule has 0 saturated heterocycles. The van der Waals surface area contributed by atoms with E-state index in [0.717, 1.165) is 5.56 Å². The standard InChI is InChI=1S/C24H25N3O5/c1-4-10-22(28)27(18(2)24(30)32-17-19-11-6-5-7-12-19)16-20-13-8-9-14-21(20)26-25-15-23(29)31-3/h4-14,18H,16-17H2,1-3H3/p+1/b10-4+/t18-/m0/s1.